The second-order valence-corrected chi connectivity index (χ2v) is 6.61. The largest absolute Gasteiger partial charge is 0.310 e. The van der Waals surface area contributed by atoms with E-state index in [0.29, 0.717) is 6.04 Å². The summed E-state index contributed by atoms with van der Waals surface area (Å²) in [6.07, 6.45) is 12.2. The van der Waals surface area contributed by atoms with E-state index in [1.165, 1.54) is 57.8 Å². The van der Waals surface area contributed by atoms with E-state index in [0.717, 1.165) is 12.5 Å². The normalized spacial score (nSPS) is 16.7. The summed E-state index contributed by atoms with van der Waals surface area (Å²) >= 11 is 0. The monoisotopic (exact) mass is 287 g/mol. The maximum Gasteiger partial charge on any atom is 0.0323 e. The quantitative estimate of drug-likeness (QED) is 0.523. The standard InChI is InChI=1S/C20H33N/c1-3-5-6-7-15-20(21-16-4-2)19-14-9-8-13-18(19)17-11-10-12-17/h8-9,13-14,17,20-21H,3-7,10-12,15-16H2,1-2H3. The summed E-state index contributed by atoms with van der Waals surface area (Å²) in [6, 6.07) is 9.78. The first kappa shape index (κ1) is 16.5. The molecular formula is C20H33N. The first-order chi connectivity index (χ1) is 10.4. The first-order valence-electron chi connectivity index (χ1n) is 9.19. The molecule has 1 atom stereocenters. The lowest BCUT2D eigenvalue weighted by atomic mass is 9.76. The van der Waals surface area contributed by atoms with Crippen LogP contribution in [0.25, 0.3) is 0 Å². The first-order valence-corrected chi connectivity index (χ1v) is 9.19. The van der Waals surface area contributed by atoms with Gasteiger partial charge in [0, 0.05) is 6.04 Å². The fraction of sp³-hybridized carbons (Fsp3) is 0.700. The fourth-order valence-corrected chi connectivity index (χ4v) is 3.38. The predicted octanol–water partition coefficient (Wildman–Crippen LogP) is 5.97. The van der Waals surface area contributed by atoms with Crippen molar-refractivity contribution in [1.82, 2.24) is 5.32 Å². The molecule has 118 valence electrons. The van der Waals surface area contributed by atoms with E-state index in [2.05, 4.69) is 43.4 Å². The van der Waals surface area contributed by atoms with Crippen LogP contribution in [-0.2, 0) is 0 Å². The number of benzene rings is 1. The molecule has 1 N–H and O–H groups in total. The molecule has 1 fully saturated rings. The van der Waals surface area contributed by atoms with Crippen LogP contribution >= 0.6 is 0 Å². The molecule has 0 heterocycles. The van der Waals surface area contributed by atoms with Crippen molar-refractivity contribution in [1.29, 1.82) is 0 Å². The summed E-state index contributed by atoms with van der Waals surface area (Å²) < 4.78 is 0. The van der Waals surface area contributed by atoms with Gasteiger partial charge in [-0.3, -0.25) is 0 Å². The van der Waals surface area contributed by atoms with Crippen LogP contribution in [0.5, 0.6) is 0 Å². The van der Waals surface area contributed by atoms with Crippen LogP contribution in [-0.4, -0.2) is 6.54 Å². The summed E-state index contributed by atoms with van der Waals surface area (Å²) in [5, 5.41) is 3.81. The van der Waals surface area contributed by atoms with Crippen LogP contribution in [0, 0.1) is 0 Å². The summed E-state index contributed by atoms with van der Waals surface area (Å²) in [5.41, 5.74) is 3.22. The molecule has 1 unspecified atom stereocenters. The average molecular weight is 287 g/mol. The Morgan fingerprint density at radius 1 is 1.05 bits per heavy atom. The van der Waals surface area contributed by atoms with Gasteiger partial charge in [0.2, 0.25) is 0 Å². The molecule has 0 aromatic heterocycles. The van der Waals surface area contributed by atoms with E-state index >= 15 is 0 Å². The van der Waals surface area contributed by atoms with Crippen LogP contribution in [0.1, 0.15) is 94.7 Å². The molecule has 1 aromatic carbocycles. The Balaban J connectivity index is 2.03. The number of hydrogen-bond acceptors (Lipinski definition) is 1. The van der Waals surface area contributed by atoms with Gasteiger partial charge in [-0.1, -0.05) is 70.2 Å². The second kappa shape index (κ2) is 9.25. The van der Waals surface area contributed by atoms with E-state index in [4.69, 9.17) is 0 Å². The predicted molar refractivity (Wildman–Crippen MR) is 92.8 cm³/mol. The highest BCUT2D eigenvalue weighted by Gasteiger charge is 2.24. The van der Waals surface area contributed by atoms with Gasteiger partial charge >= 0.3 is 0 Å². The highest BCUT2D eigenvalue weighted by molar-refractivity contribution is 5.34. The van der Waals surface area contributed by atoms with Crippen molar-refractivity contribution in [3.63, 3.8) is 0 Å². The molecule has 21 heavy (non-hydrogen) atoms. The zero-order valence-corrected chi connectivity index (χ0v) is 14.0. The van der Waals surface area contributed by atoms with Gasteiger partial charge in [-0.2, -0.15) is 0 Å². The van der Waals surface area contributed by atoms with Crippen LogP contribution in [0.15, 0.2) is 24.3 Å². The summed E-state index contributed by atoms with van der Waals surface area (Å²) in [7, 11) is 0. The molecule has 1 saturated carbocycles. The minimum Gasteiger partial charge on any atom is -0.310 e. The molecule has 0 aliphatic heterocycles. The van der Waals surface area contributed by atoms with Gasteiger partial charge in [-0.25, -0.2) is 0 Å². The second-order valence-electron chi connectivity index (χ2n) is 6.61. The van der Waals surface area contributed by atoms with E-state index < -0.39 is 0 Å². The lowest BCUT2D eigenvalue weighted by Crippen LogP contribution is -2.24. The van der Waals surface area contributed by atoms with Crippen LogP contribution in [0.4, 0.5) is 0 Å². The summed E-state index contributed by atoms with van der Waals surface area (Å²) in [6.45, 7) is 5.69. The van der Waals surface area contributed by atoms with E-state index in [-0.39, 0.29) is 0 Å². The zero-order valence-electron chi connectivity index (χ0n) is 14.0. The smallest absolute Gasteiger partial charge is 0.0323 e. The summed E-state index contributed by atoms with van der Waals surface area (Å²) in [5.74, 6) is 0.836. The maximum absolute atomic E-state index is 3.81. The third-order valence-corrected chi connectivity index (χ3v) is 4.90. The minimum atomic E-state index is 0.568. The van der Waals surface area contributed by atoms with Gasteiger partial charge in [0.05, 0.1) is 0 Å². The van der Waals surface area contributed by atoms with Crippen molar-refractivity contribution in [2.75, 3.05) is 6.54 Å². The van der Waals surface area contributed by atoms with Crippen LogP contribution < -0.4 is 5.32 Å². The number of nitrogens with one attached hydrogen (secondary N) is 1. The maximum atomic E-state index is 3.81. The van der Waals surface area contributed by atoms with Crippen molar-refractivity contribution in [2.45, 2.75) is 83.6 Å². The topological polar surface area (TPSA) is 12.0 Å². The molecule has 1 aliphatic rings. The SMILES string of the molecule is CCCCCCC(NCCC)c1ccccc1C1CCC1. The van der Waals surface area contributed by atoms with Gasteiger partial charge in [-0.05, 0) is 49.3 Å². The van der Waals surface area contributed by atoms with Gasteiger partial charge in [0.1, 0.15) is 0 Å². The Kier molecular flexibility index (Phi) is 7.29. The lowest BCUT2D eigenvalue weighted by Gasteiger charge is -2.31. The molecular weight excluding hydrogens is 254 g/mol. The van der Waals surface area contributed by atoms with E-state index in [1.54, 1.807) is 11.1 Å². The van der Waals surface area contributed by atoms with Gasteiger partial charge in [-0.15, -0.1) is 0 Å². The molecule has 0 bridgehead atoms. The highest BCUT2D eigenvalue weighted by atomic mass is 14.9. The Bertz CT molecular complexity index is 395. The van der Waals surface area contributed by atoms with Crippen molar-refractivity contribution < 1.29 is 0 Å². The van der Waals surface area contributed by atoms with Gasteiger partial charge in [0.25, 0.3) is 0 Å². The Labute approximate surface area is 131 Å². The highest BCUT2D eigenvalue weighted by Crippen LogP contribution is 2.40. The third kappa shape index (κ3) is 4.85. The van der Waals surface area contributed by atoms with Crippen molar-refractivity contribution in [2.24, 2.45) is 0 Å². The molecule has 0 amide bonds. The minimum absolute atomic E-state index is 0.568. The van der Waals surface area contributed by atoms with Crippen LogP contribution in [0.2, 0.25) is 0 Å². The van der Waals surface area contributed by atoms with Crippen molar-refractivity contribution in [3.05, 3.63) is 35.4 Å². The Hall–Kier alpha value is -0.820. The molecule has 1 heteroatoms. The van der Waals surface area contributed by atoms with Crippen molar-refractivity contribution >= 4 is 0 Å². The molecule has 1 nitrogen and oxygen atoms in total. The molecule has 1 aromatic rings. The number of hydrogen-bond donors (Lipinski definition) is 1. The average Bonchev–Trinajstić information content (AvgIpc) is 2.46. The lowest BCUT2D eigenvalue weighted by molar-refractivity contribution is 0.405. The molecule has 0 spiro atoms. The van der Waals surface area contributed by atoms with E-state index in [1.807, 2.05) is 0 Å². The molecule has 0 saturated heterocycles. The molecule has 0 radical (unpaired) electrons. The third-order valence-electron chi connectivity index (χ3n) is 4.90. The van der Waals surface area contributed by atoms with Gasteiger partial charge < -0.3 is 5.32 Å². The number of rotatable bonds is 10. The Morgan fingerprint density at radius 3 is 2.52 bits per heavy atom. The molecule has 1 aliphatic carbocycles. The fourth-order valence-electron chi connectivity index (χ4n) is 3.38. The number of unbranched alkanes of at least 4 members (excludes halogenated alkanes) is 3. The summed E-state index contributed by atoms with van der Waals surface area (Å²) in [4.78, 5) is 0. The zero-order chi connectivity index (χ0) is 14.9. The Morgan fingerprint density at radius 2 is 1.86 bits per heavy atom. The van der Waals surface area contributed by atoms with Crippen molar-refractivity contribution in [3.8, 4) is 0 Å². The van der Waals surface area contributed by atoms with Crippen LogP contribution in [0.3, 0.4) is 0 Å². The van der Waals surface area contributed by atoms with E-state index in [9.17, 15) is 0 Å². The molecule has 2 rings (SSSR count). The van der Waals surface area contributed by atoms with Gasteiger partial charge in [0.15, 0.2) is 0 Å².